The summed E-state index contributed by atoms with van der Waals surface area (Å²) >= 11 is 0. The minimum Gasteiger partial charge on any atom is -0.371 e. The summed E-state index contributed by atoms with van der Waals surface area (Å²) in [4.78, 5) is 15.1. The Hall–Kier alpha value is -0.970. The van der Waals surface area contributed by atoms with Crippen LogP contribution in [0.2, 0.25) is 0 Å². The number of hydrogen-bond acceptors (Lipinski definition) is 3. The lowest BCUT2D eigenvalue weighted by Gasteiger charge is -2.32. The summed E-state index contributed by atoms with van der Waals surface area (Å²) in [6.45, 7) is 8.94. The first-order valence-electron chi connectivity index (χ1n) is 8.91. The maximum absolute atomic E-state index is 12.7. The maximum Gasteiger partial charge on any atom is 0.231 e. The molecule has 0 bridgehead atoms. The summed E-state index contributed by atoms with van der Waals surface area (Å²) in [6.07, 6.45) is 3.99. The zero-order chi connectivity index (χ0) is 16.9. The average Bonchev–Trinajstić information content (AvgIpc) is 2.58. The van der Waals surface area contributed by atoms with Gasteiger partial charge in [-0.2, -0.15) is 0 Å². The number of piperidine rings is 1. The van der Waals surface area contributed by atoms with E-state index in [1.807, 2.05) is 26.0 Å². The average molecular weight is 390 g/mol. The van der Waals surface area contributed by atoms with Crippen molar-refractivity contribution in [1.82, 2.24) is 0 Å². The van der Waals surface area contributed by atoms with Crippen LogP contribution in [0.4, 0.5) is 11.4 Å². The van der Waals surface area contributed by atoms with Crippen LogP contribution in [-0.4, -0.2) is 25.5 Å². The molecular weight excluding hydrogens is 357 g/mol. The van der Waals surface area contributed by atoms with E-state index in [9.17, 15) is 4.79 Å². The van der Waals surface area contributed by atoms with Crippen molar-refractivity contribution in [3.05, 3.63) is 24.3 Å². The third-order valence-electron chi connectivity index (χ3n) is 5.48. The number of carbonyl (C=O) groups is 1. The lowest BCUT2D eigenvalue weighted by molar-refractivity contribution is -0.125. The second kappa shape index (κ2) is 10.9. The Labute approximate surface area is 164 Å². The van der Waals surface area contributed by atoms with E-state index in [0.717, 1.165) is 37.5 Å². The number of halogens is 2. The van der Waals surface area contributed by atoms with Gasteiger partial charge in [0.15, 0.2) is 0 Å². The summed E-state index contributed by atoms with van der Waals surface area (Å²) in [7, 11) is 0. The zero-order valence-corrected chi connectivity index (χ0v) is 17.2. The molecule has 0 aromatic heterocycles. The molecule has 144 valence electrons. The molecule has 0 unspecified atom stereocenters. The number of nitrogens with zero attached hydrogens (tertiary/aromatic N) is 1. The van der Waals surface area contributed by atoms with Crippen molar-refractivity contribution in [3.8, 4) is 0 Å². The normalized spacial score (nSPS) is 15.1. The number of benzene rings is 1. The van der Waals surface area contributed by atoms with Gasteiger partial charge in [-0.3, -0.25) is 4.79 Å². The molecule has 6 heteroatoms. The Morgan fingerprint density at radius 3 is 2.36 bits per heavy atom. The molecule has 1 aliphatic heterocycles. The van der Waals surface area contributed by atoms with Crippen LogP contribution in [0.1, 0.15) is 46.5 Å². The fourth-order valence-electron chi connectivity index (χ4n) is 3.26. The van der Waals surface area contributed by atoms with Crippen molar-refractivity contribution in [2.45, 2.75) is 46.5 Å². The molecule has 1 aliphatic rings. The third kappa shape index (κ3) is 5.77. The van der Waals surface area contributed by atoms with Gasteiger partial charge in [-0.05, 0) is 49.8 Å². The van der Waals surface area contributed by atoms with Crippen molar-refractivity contribution in [3.63, 3.8) is 0 Å². The van der Waals surface area contributed by atoms with E-state index in [0.29, 0.717) is 6.54 Å². The van der Waals surface area contributed by atoms with Gasteiger partial charge in [-0.15, -0.1) is 24.8 Å². The Morgan fingerprint density at radius 2 is 1.84 bits per heavy atom. The molecular formula is C19H33Cl2N3O. The topological polar surface area (TPSA) is 58.4 Å². The Balaban J connectivity index is 0.00000288. The Morgan fingerprint density at radius 1 is 1.24 bits per heavy atom. The van der Waals surface area contributed by atoms with Gasteiger partial charge in [-0.1, -0.05) is 26.8 Å². The predicted molar refractivity (Wildman–Crippen MR) is 112 cm³/mol. The number of carbonyl (C=O) groups excluding carboxylic acids is 1. The first-order valence-corrected chi connectivity index (χ1v) is 8.91. The quantitative estimate of drug-likeness (QED) is 0.754. The molecule has 2 rings (SSSR count). The van der Waals surface area contributed by atoms with Crippen LogP contribution in [-0.2, 0) is 4.79 Å². The molecule has 1 heterocycles. The zero-order valence-electron chi connectivity index (χ0n) is 15.6. The minimum absolute atomic E-state index is 0. The van der Waals surface area contributed by atoms with Crippen molar-refractivity contribution < 1.29 is 4.79 Å². The van der Waals surface area contributed by atoms with Gasteiger partial charge in [0.1, 0.15) is 0 Å². The fraction of sp³-hybridized carbons (Fsp3) is 0.632. The smallest absolute Gasteiger partial charge is 0.231 e. The summed E-state index contributed by atoms with van der Waals surface area (Å²) in [5.41, 5.74) is 7.47. The number of anilines is 2. The molecule has 0 saturated carbocycles. The van der Waals surface area contributed by atoms with E-state index < -0.39 is 5.41 Å². The second-order valence-corrected chi connectivity index (χ2v) is 6.87. The molecule has 0 atom stereocenters. The van der Waals surface area contributed by atoms with Crippen molar-refractivity contribution in [2.75, 3.05) is 29.9 Å². The molecule has 0 radical (unpaired) electrons. The maximum atomic E-state index is 12.7. The van der Waals surface area contributed by atoms with Crippen molar-refractivity contribution in [2.24, 2.45) is 17.1 Å². The van der Waals surface area contributed by atoms with Gasteiger partial charge in [0.05, 0.1) is 5.41 Å². The minimum atomic E-state index is -0.462. The number of hydrogen-bond donors (Lipinski definition) is 2. The number of nitrogens with two attached hydrogens (primary N) is 1. The first-order chi connectivity index (χ1) is 11.0. The largest absolute Gasteiger partial charge is 0.371 e. The van der Waals surface area contributed by atoms with Crippen LogP contribution < -0.4 is 16.0 Å². The molecule has 1 aromatic carbocycles. The van der Waals surface area contributed by atoms with Crippen LogP contribution in [0.15, 0.2) is 24.3 Å². The predicted octanol–water partition coefficient (Wildman–Crippen LogP) is 4.47. The summed E-state index contributed by atoms with van der Waals surface area (Å²) < 4.78 is 0. The molecule has 4 nitrogen and oxygen atoms in total. The highest BCUT2D eigenvalue weighted by molar-refractivity contribution is 5.95. The second-order valence-electron chi connectivity index (χ2n) is 6.87. The standard InChI is InChI=1S/C19H31N3O.2ClH/c1-4-19(5-2,14-20)18(23)21-16-7-6-8-17(13-16)22-11-9-15(3)10-12-22;;/h6-8,13,15H,4-5,9-12,14,20H2,1-3H3,(H,21,23);2*1H. The Bertz CT molecular complexity index is 519. The summed E-state index contributed by atoms with van der Waals surface area (Å²) in [6, 6.07) is 8.19. The van der Waals surface area contributed by atoms with Crippen LogP contribution in [0, 0.1) is 11.3 Å². The molecule has 1 amide bonds. The van der Waals surface area contributed by atoms with Crippen LogP contribution in [0.3, 0.4) is 0 Å². The van der Waals surface area contributed by atoms with Gasteiger partial charge >= 0.3 is 0 Å². The first kappa shape index (κ1) is 24.0. The highest BCUT2D eigenvalue weighted by Gasteiger charge is 2.33. The molecule has 25 heavy (non-hydrogen) atoms. The van der Waals surface area contributed by atoms with Crippen LogP contribution in [0.5, 0.6) is 0 Å². The van der Waals surface area contributed by atoms with Gasteiger partial charge < -0.3 is 16.0 Å². The van der Waals surface area contributed by atoms with Crippen LogP contribution in [0.25, 0.3) is 0 Å². The lowest BCUT2D eigenvalue weighted by Crippen LogP contribution is -2.41. The van der Waals surface area contributed by atoms with E-state index in [4.69, 9.17) is 5.73 Å². The highest BCUT2D eigenvalue weighted by atomic mass is 35.5. The van der Waals surface area contributed by atoms with Crippen molar-refractivity contribution >= 4 is 42.1 Å². The molecule has 1 saturated heterocycles. The van der Waals surface area contributed by atoms with E-state index >= 15 is 0 Å². The van der Waals surface area contributed by atoms with Gasteiger partial charge in [0.25, 0.3) is 0 Å². The van der Waals surface area contributed by atoms with Gasteiger partial charge in [-0.25, -0.2) is 0 Å². The number of nitrogens with one attached hydrogen (secondary N) is 1. The SMILES string of the molecule is CCC(CC)(CN)C(=O)Nc1cccc(N2CCC(C)CC2)c1.Cl.Cl. The number of rotatable bonds is 6. The number of amides is 1. The molecule has 1 aromatic rings. The van der Waals surface area contributed by atoms with Crippen molar-refractivity contribution in [1.29, 1.82) is 0 Å². The molecule has 0 aliphatic carbocycles. The van der Waals surface area contributed by atoms with E-state index in [1.165, 1.54) is 18.5 Å². The van der Waals surface area contributed by atoms with Gasteiger partial charge in [0, 0.05) is 31.0 Å². The molecule has 1 fully saturated rings. The van der Waals surface area contributed by atoms with E-state index in [1.54, 1.807) is 0 Å². The Kier molecular flexibility index (Phi) is 10.5. The molecule has 0 spiro atoms. The van der Waals surface area contributed by atoms with Gasteiger partial charge in [0.2, 0.25) is 5.91 Å². The fourth-order valence-corrected chi connectivity index (χ4v) is 3.26. The highest BCUT2D eigenvalue weighted by Crippen LogP contribution is 2.29. The monoisotopic (exact) mass is 389 g/mol. The van der Waals surface area contributed by atoms with Crippen LogP contribution >= 0.6 is 24.8 Å². The van der Waals surface area contributed by atoms with E-state index in [2.05, 4.69) is 29.3 Å². The summed E-state index contributed by atoms with van der Waals surface area (Å²) in [5.74, 6) is 0.850. The van der Waals surface area contributed by atoms with E-state index in [-0.39, 0.29) is 30.7 Å². The molecule has 3 N–H and O–H groups in total. The lowest BCUT2D eigenvalue weighted by atomic mass is 9.81. The third-order valence-corrected chi connectivity index (χ3v) is 5.48. The summed E-state index contributed by atoms with van der Waals surface area (Å²) in [5, 5.41) is 3.08.